The summed E-state index contributed by atoms with van der Waals surface area (Å²) in [6, 6.07) is 10.4. The van der Waals surface area contributed by atoms with Crippen molar-refractivity contribution in [2.24, 2.45) is 11.8 Å². The Kier molecular flexibility index (Phi) is 3.32. The summed E-state index contributed by atoms with van der Waals surface area (Å²) in [6.45, 7) is 2.88. The van der Waals surface area contributed by atoms with Gasteiger partial charge in [0.1, 0.15) is 6.10 Å². The van der Waals surface area contributed by atoms with Crippen molar-refractivity contribution in [1.82, 2.24) is 9.55 Å². The average Bonchev–Trinajstić information content (AvgIpc) is 3.06. The van der Waals surface area contributed by atoms with Gasteiger partial charge in [0.05, 0.1) is 30.2 Å². The zero-order valence-electron chi connectivity index (χ0n) is 14.8. The van der Waals surface area contributed by atoms with E-state index in [1.165, 1.54) is 23.8 Å². The van der Waals surface area contributed by atoms with Gasteiger partial charge in [-0.25, -0.2) is 9.78 Å². The Hall–Kier alpha value is -2.82. The number of hydrogen-bond donors (Lipinski definition) is 0. The van der Waals surface area contributed by atoms with Gasteiger partial charge in [0.15, 0.2) is 0 Å². The number of pyridine rings is 1. The van der Waals surface area contributed by atoms with E-state index in [4.69, 9.17) is 14.5 Å². The number of aromatic nitrogens is 2. The second-order valence-corrected chi connectivity index (χ2v) is 7.19. The number of hydrogen-bond acceptors (Lipinski definition) is 4. The minimum atomic E-state index is -0.298. The van der Waals surface area contributed by atoms with Gasteiger partial charge in [-0.15, -0.1) is 0 Å². The smallest absolute Gasteiger partial charge is 0.337 e. The fourth-order valence-corrected chi connectivity index (χ4v) is 4.49. The van der Waals surface area contributed by atoms with Crippen LogP contribution < -0.4 is 0 Å². The van der Waals surface area contributed by atoms with Crippen molar-refractivity contribution in [3.8, 4) is 11.3 Å². The molecular formula is C21H20N2O3. The minimum Gasteiger partial charge on any atom is -0.497 e. The summed E-state index contributed by atoms with van der Waals surface area (Å²) in [5.41, 5.74) is 5.05. The normalized spacial score (nSPS) is 24.5. The summed E-state index contributed by atoms with van der Waals surface area (Å²) < 4.78 is 13.0. The predicted octanol–water partition coefficient (Wildman–Crippen LogP) is 3.41. The molecule has 26 heavy (non-hydrogen) atoms. The summed E-state index contributed by atoms with van der Waals surface area (Å²) in [4.78, 5) is 17.1. The van der Waals surface area contributed by atoms with Crippen LogP contribution in [0.15, 0.2) is 48.4 Å². The fourth-order valence-electron chi connectivity index (χ4n) is 4.49. The highest BCUT2D eigenvalue weighted by atomic mass is 16.5. The first-order chi connectivity index (χ1) is 12.7. The lowest BCUT2D eigenvalue weighted by Crippen LogP contribution is -2.42. The SMILES string of the molecule is COC(=O)C1=CO[C@@H](C)[C@@H]2Cn3ccc4c5ccccc5nc-4c3C[C@@H]12. The highest BCUT2D eigenvalue weighted by molar-refractivity contribution is 5.98. The Morgan fingerprint density at radius 1 is 1.31 bits per heavy atom. The van der Waals surface area contributed by atoms with Crippen LogP contribution in [0, 0.1) is 11.8 Å². The van der Waals surface area contributed by atoms with E-state index >= 15 is 0 Å². The predicted molar refractivity (Wildman–Crippen MR) is 97.7 cm³/mol. The molecule has 4 aliphatic rings. The molecule has 0 N–H and O–H groups in total. The Morgan fingerprint density at radius 2 is 2.15 bits per heavy atom. The highest BCUT2D eigenvalue weighted by Gasteiger charge is 2.42. The highest BCUT2D eigenvalue weighted by Crippen LogP contribution is 2.42. The van der Waals surface area contributed by atoms with Crippen LogP contribution in [0.3, 0.4) is 0 Å². The van der Waals surface area contributed by atoms with Crippen LogP contribution in [-0.2, 0) is 27.2 Å². The van der Waals surface area contributed by atoms with Crippen LogP contribution in [0.4, 0.5) is 0 Å². The van der Waals surface area contributed by atoms with Crippen LogP contribution in [0.5, 0.6) is 0 Å². The molecule has 5 rings (SSSR count). The average molecular weight is 348 g/mol. The number of esters is 1. The second-order valence-electron chi connectivity index (χ2n) is 7.19. The molecule has 3 atom stereocenters. The van der Waals surface area contributed by atoms with Gasteiger partial charge in [0, 0.05) is 41.2 Å². The van der Waals surface area contributed by atoms with Gasteiger partial charge in [-0.05, 0) is 25.5 Å². The summed E-state index contributed by atoms with van der Waals surface area (Å²) in [5, 5.41) is 1.18. The van der Waals surface area contributed by atoms with Crippen molar-refractivity contribution in [3.63, 3.8) is 0 Å². The molecule has 5 heteroatoms. The summed E-state index contributed by atoms with van der Waals surface area (Å²) in [6.07, 6.45) is 4.57. The van der Waals surface area contributed by atoms with Gasteiger partial charge >= 0.3 is 5.97 Å². The molecule has 0 fully saturated rings. The number of nitrogens with zero attached hydrogens (tertiary/aromatic N) is 2. The summed E-state index contributed by atoms with van der Waals surface area (Å²) in [5.74, 6) is 0.0400. The number of carbonyl (C=O) groups excluding carboxylic acids is 1. The molecule has 132 valence electrons. The van der Waals surface area contributed by atoms with Crippen LogP contribution in [0.1, 0.15) is 12.6 Å². The van der Waals surface area contributed by atoms with E-state index in [1.54, 1.807) is 6.26 Å². The lowest BCUT2D eigenvalue weighted by atomic mass is 9.75. The first kappa shape index (κ1) is 15.4. The number of methoxy groups -OCH3 is 1. The number of benzene rings is 1. The van der Waals surface area contributed by atoms with E-state index in [9.17, 15) is 4.79 Å². The van der Waals surface area contributed by atoms with Crippen molar-refractivity contribution in [3.05, 3.63) is 54.1 Å². The first-order valence-corrected chi connectivity index (χ1v) is 8.97. The van der Waals surface area contributed by atoms with Gasteiger partial charge < -0.3 is 14.0 Å². The third kappa shape index (κ3) is 2.09. The van der Waals surface area contributed by atoms with E-state index in [0.717, 1.165) is 24.2 Å². The van der Waals surface area contributed by atoms with Gasteiger partial charge in [-0.3, -0.25) is 0 Å². The van der Waals surface area contributed by atoms with Crippen LogP contribution in [0.25, 0.3) is 22.2 Å². The van der Waals surface area contributed by atoms with E-state index in [0.29, 0.717) is 5.57 Å². The Labute approximate surface area is 151 Å². The van der Waals surface area contributed by atoms with E-state index in [2.05, 4.69) is 29.8 Å². The maximum absolute atomic E-state index is 12.3. The molecule has 0 unspecified atom stereocenters. The van der Waals surface area contributed by atoms with Gasteiger partial charge in [0.2, 0.25) is 0 Å². The van der Waals surface area contributed by atoms with Crippen molar-refractivity contribution in [1.29, 1.82) is 0 Å². The molecule has 4 heterocycles. The van der Waals surface area contributed by atoms with E-state index < -0.39 is 0 Å². The molecule has 0 radical (unpaired) electrons. The monoisotopic (exact) mass is 348 g/mol. The number of fused-ring (bicyclic) bond motifs is 6. The van der Waals surface area contributed by atoms with Gasteiger partial charge in [-0.1, -0.05) is 18.2 Å². The molecule has 0 saturated carbocycles. The van der Waals surface area contributed by atoms with Crippen LogP contribution >= 0.6 is 0 Å². The molecule has 0 bridgehead atoms. The Balaban J connectivity index is 1.66. The molecule has 1 aromatic rings. The first-order valence-electron chi connectivity index (χ1n) is 8.97. The molecule has 0 aliphatic carbocycles. The molecule has 0 spiro atoms. The van der Waals surface area contributed by atoms with Gasteiger partial charge in [0.25, 0.3) is 0 Å². The maximum atomic E-state index is 12.3. The second kappa shape index (κ2) is 5.59. The van der Waals surface area contributed by atoms with E-state index in [-0.39, 0.29) is 23.9 Å². The minimum absolute atomic E-state index is 0.0662. The quantitative estimate of drug-likeness (QED) is 0.633. The topological polar surface area (TPSA) is 53.4 Å². The largest absolute Gasteiger partial charge is 0.497 e. The molecular weight excluding hydrogens is 328 g/mol. The van der Waals surface area contributed by atoms with E-state index in [1.807, 2.05) is 18.2 Å². The van der Waals surface area contributed by atoms with Crippen LogP contribution in [-0.4, -0.2) is 28.7 Å². The lowest BCUT2D eigenvalue weighted by Gasteiger charge is -2.41. The molecule has 0 amide bonds. The van der Waals surface area contributed by atoms with Crippen molar-refractivity contribution in [2.75, 3.05) is 7.11 Å². The molecule has 1 aromatic carbocycles. The van der Waals surface area contributed by atoms with Gasteiger partial charge in [-0.2, -0.15) is 0 Å². The number of ether oxygens (including phenoxy) is 2. The Morgan fingerprint density at radius 3 is 3.00 bits per heavy atom. The number of para-hydroxylation sites is 1. The van der Waals surface area contributed by atoms with Crippen molar-refractivity contribution >= 4 is 16.9 Å². The summed E-state index contributed by atoms with van der Waals surface area (Å²) >= 11 is 0. The van der Waals surface area contributed by atoms with Crippen molar-refractivity contribution in [2.45, 2.75) is 26.0 Å². The summed E-state index contributed by atoms with van der Waals surface area (Å²) in [7, 11) is 1.42. The third-order valence-electron chi connectivity index (χ3n) is 5.89. The standard InChI is InChI=1S/C21H20N2O3/c1-12-16-10-23-8-7-14-13-5-3-4-6-18(13)22-20(14)19(23)9-15(16)17(11-26-12)21(24)25-2/h3-8,11-12,15-16H,9-10H2,1-2H3/t12-,15+,16-/m0/s1. The fraction of sp³-hybridized carbons (Fsp3) is 0.333. The Bertz CT molecular complexity index is 1020. The number of rotatable bonds is 1. The molecule has 4 aliphatic heterocycles. The molecule has 0 aromatic heterocycles. The maximum Gasteiger partial charge on any atom is 0.337 e. The zero-order chi connectivity index (χ0) is 17.8. The van der Waals surface area contributed by atoms with Crippen LogP contribution in [0.2, 0.25) is 0 Å². The van der Waals surface area contributed by atoms with Crippen molar-refractivity contribution < 1.29 is 14.3 Å². The molecule has 5 nitrogen and oxygen atoms in total. The third-order valence-corrected chi connectivity index (χ3v) is 5.89. The zero-order valence-corrected chi connectivity index (χ0v) is 14.8. The lowest BCUT2D eigenvalue weighted by molar-refractivity contribution is -0.138. The number of carbonyl (C=O) groups is 1. The molecule has 0 saturated heterocycles.